The van der Waals surface area contributed by atoms with Gasteiger partial charge >= 0.3 is 0 Å². The molecule has 1 aromatic heterocycles. The number of hydrogen-bond acceptors (Lipinski definition) is 7. The summed E-state index contributed by atoms with van der Waals surface area (Å²) in [5.74, 6) is 0.825. The van der Waals surface area contributed by atoms with Gasteiger partial charge in [0.2, 0.25) is 5.91 Å². The Morgan fingerprint density at radius 2 is 2.09 bits per heavy atom. The number of rotatable bonds is 4. The van der Waals surface area contributed by atoms with E-state index >= 15 is 0 Å². The molecule has 1 fully saturated rings. The number of aromatic nitrogens is 4. The van der Waals surface area contributed by atoms with Crippen molar-refractivity contribution >= 4 is 5.91 Å². The molecule has 2 aliphatic heterocycles. The minimum atomic E-state index is -0.141. The zero-order valence-electron chi connectivity index (χ0n) is 12.5. The highest BCUT2D eigenvalue weighted by molar-refractivity contribution is 5.78. The van der Waals surface area contributed by atoms with E-state index in [0.29, 0.717) is 25.5 Å². The van der Waals surface area contributed by atoms with Crippen molar-refractivity contribution in [1.82, 2.24) is 30.1 Å². The molecule has 3 heterocycles. The molecule has 9 heteroatoms. The van der Waals surface area contributed by atoms with Gasteiger partial charge in [-0.15, -0.1) is 5.10 Å². The molecule has 1 aromatic carbocycles. The zero-order chi connectivity index (χ0) is 15.6. The predicted octanol–water partition coefficient (Wildman–Crippen LogP) is 0.929. The van der Waals surface area contributed by atoms with Gasteiger partial charge in [0.15, 0.2) is 5.82 Å². The molecule has 0 aliphatic carbocycles. The summed E-state index contributed by atoms with van der Waals surface area (Å²) in [6.45, 7) is 1.61. The lowest BCUT2D eigenvalue weighted by atomic mass is 10.2. The van der Waals surface area contributed by atoms with E-state index in [4.69, 9.17) is 0 Å². The van der Waals surface area contributed by atoms with Crippen molar-refractivity contribution in [2.24, 2.45) is 10.3 Å². The fourth-order valence-electron chi connectivity index (χ4n) is 2.94. The van der Waals surface area contributed by atoms with E-state index in [0.717, 1.165) is 18.5 Å². The van der Waals surface area contributed by atoms with Gasteiger partial charge < -0.3 is 4.90 Å². The van der Waals surface area contributed by atoms with Gasteiger partial charge in [-0.1, -0.05) is 35.6 Å². The Bertz CT molecular complexity index is 727. The fraction of sp³-hybridized carbons (Fsp3) is 0.429. The highest BCUT2D eigenvalue weighted by atomic mass is 16.2. The predicted molar refractivity (Wildman–Crippen MR) is 79.6 cm³/mol. The Labute approximate surface area is 132 Å². The Hall–Kier alpha value is -2.84. The smallest absolute Gasteiger partial charge is 0.224 e. The number of likely N-dealkylation sites (tertiary alicyclic amines) is 1. The summed E-state index contributed by atoms with van der Waals surface area (Å²) >= 11 is 0. The lowest BCUT2D eigenvalue weighted by molar-refractivity contribution is -0.133. The Morgan fingerprint density at radius 1 is 1.22 bits per heavy atom. The zero-order valence-corrected chi connectivity index (χ0v) is 12.5. The first-order chi connectivity index (χ1) is 11.3. The summed E-state index contributed by atoms with van der Waals surface area (Å²) in [5.41, 5.74) is 0.933. The average Bonchev–Trinajstić information content (AvgIpc) is 3.30. The van der Waals surface area contributed by atoms with Crippen LogP contribution < -0.4 is 0 Å². The van der Waals surface area contributed by atoms with Crippen LogP contribution in [0.5, 0.6) is 0 Å². The van der Waals surface area contributed by atoms with Crippen LogP contribution >= 0.6 is 0 Å². The number of amides is 1. The highest BCUT2D eigenvalue weighted by Gasteiger charge is 2.35. The van der Waals surface area contributed by atoms with Gasteiger partial charge in [0.05, 0.1) is 0 Å². The molecule has 1 amide bonds. The summed E-state index contributed by atoms with van der Waals surface area (Å²) in [6.07, 6.45) is 1.35. The van der Waals surface area contributed by atoms with E-state index in [2.05, 4.69) is 25.9 Å². The lowest BCUT2D eigenvalue weighted by Crippen LogP contribution is -2.46. The van der Waals surface area contributed by atoms with Crippen LogP contribution in [0.25, 0.3) is 11.4 Å². The topological polar surface area (TPSA) is 91.9 Å². The van der Waals surface area contributed by atoms with Crippen molar-refractivity contribution in [2.75, 3.05) is 13.1 Å². The van der Waals surface area contributed by atoms with Crippen molar-refractivity contribution in [3.8, 4) is 11.4 Å². The number of nitrogens with zero attached hydrogens (tertiary/aromatic N) is 8. The van der Waals surface area contributed by atoms with Gasteiger partial charge in [-0.3, -0.25) is 4.79 Å². The molecule has 4 rings (SSSR count). The molecule has 0 N–H and O–H groups in total. The number of benzene rings is 1. The summed E-state index contributed by atoms with van der Waals surface area (Å²) in [7, 11) is 0. The highest BCUT2D eigenvalue weighted by Crippen LogP contribution is 2.23. The molecule has 1 unspecified atom stereocenters. The van der Waals surface area contributed by atoms with Crippen LogP contribution in [0.15, 0.2) is 40.7 Å². The van der Waals surface area contributed by atoms with E-state index < -0.39 is 0 Å². The minimum absolute atomic E-state index is 0.141. The molecule has 0 saturated carbocycles. The second-order valence-corrected chi connectivity index (χ2v) is 5.53. The molecule has 23 heavy (non-hydrogen) atoms. The number of carbonyl (C=O) groups is 1. The fourth-order valence-corrected chi connectivity index (χ4v) is 2.94. The maximum absolute atomic E-state index is 12.0. The second-order valence-electron chi connectivity index (χ2n) is 5.53. The number of tetrazole rings is 1. The first-order valence-corrected chi connectivity index (χ1v) is 7.58. The number of hydrogen-bond donors (Lipinski definition) is 0. The van der Waals surface area contributed by atoms with Crippen LogP contribution in [0.3, 0.4) is 0 Å². The monoisotopic (exact) mass is 312 g/mol. The third-order valence-electron chi connectivity index (χ3n) is 4.08. The van der Waals surface area contributed by atoms with Gasteiger partial charge in [-0.05, 0) is 16.8 Å². The molecule has 1 atom stereocenters. The van der Waals surface area contributed by atoms with Gasteiger partial charge in [-0.2, -0.15) is 5.11 Å². The second kappa shape index (κ2) is 5.75. The largest absolute Gasteiger partial charge is 0.319 e. The number of carbonyl (C=O) groups excluding carboxylic acids is 1. The van der Waals surface area contributed by atoms with Crippen molar-refractivity contribution < 1.29 is 4.79 Å². The van der Waals surface area contributed by atoms with Gasteiger partial charge in [0.25, 0.3) is 0 Å². The molecule has 118 valence electrons. The van der Waals surface area contributed by atoms with Crippen LogP contribution in [0.1, 0.15) is 12.8 Å². The molecule has 0 bridgehead atoms. The molecular weight excluding hydrogens is 296 g/mol. The summed E-state index contributed by atoms with van der Waals surface area (Å²) in [6, 6.07) is 9.73. The molecule has 2 aliphatic rings. The third-order valence-corrected chi connectivity index (χ3v) is 4.08. The summed E-state index contributed by atoms with van der Waals surface area (Å²) in [5, 5.41) is 21.9. The van der Waals surface area contributed by atoms with E-state index in [-0.39, 0.29) is 12.1 Å². The first-order valence-electron chi connectivity index (χ1n) is 7.58. The van der Waals surface area contributed by atoms with Crippen molar-refractivity contribution in [2.45, 2.75) is 25.7 Å². The Balaban J connectivity index is 1.55. The summed E-state index contributed by atoms with van der Waals surface area (Å²) in [4.78, 5) is 13.8. The standard InChI is InChI=1S/C14H16N8O/c23-13-7-4-8-20(13)12-9-15-18-21(12)10-22-14(16-17-19-22)11-5-2-1-3-6-11/h1-3,5-6,12H,4,7-10H2. The Morgan fingerprint density at radius 3 is 2.87 bits per heavy atom. The average molecular weight is 312 g/mol. The maximum Gasteiger partial charge on any atom is 0.224 e. The summed E-state index contributed by atoms with van der Waals surface area (Å²) < 4.78 is 1.67. The molecular formula is C14H16N8O. The first kappa shape index (κ1) is 13.8. The van der Waals surface area contributed by atoms with Crippen LogP contribution in [0.2, 0.25) is 0 Å². The SMILES string of the molecule is O=C1CCCN1C1CN=NN1Cn1nnnc1-c1ccccc1. The van der Waals surface area contributed by atoms with E-state index in [1.54, 1.807) is 9.69 Å². The molecule has 9 nitrogen and oxygen atoms in total. The van der Waals surface area contributed by atoms with Crippen molar-refractivity contribution in [3.05, 3.63) is 30.3 Å². The third kappa shape index (κ3) is 2.54. The molecule has 1 saturated heterocycles. The normalized spacial score (nSPS) is 20.7. The van der Waals surface area contributed by atoms with Crippen LogP contribution in [0, 0.1) is 0 Å². The molecule has 0 radical (unpaired) electrons. The van der Waals surface area contributed by atoms with Gasteiger partial charge in [0, 0.05) is 18.5 Å². The van der Waals surface area contributed by atoms with Crippen LogP contribution in [-0.4, -0.2) is 55.3 Å². The molecule has 0 spiro atoms. The van der Waals surface area contributed by atoms with E-state index in [9.17, 15) is 4.79 Å². The quantitative estimate of drug-likeness (QED) is 0.837. The van der Waals surface area contributed by atoms with Gasteiger partial charge in [0.1, 0.15) is 19.4 Å². The maximum atomic E-state index is 12.0. The van der Waals surface area contributed by atoms with Crippen molar-refractivity contribution in [3.63, 3.8) is 0 Å². The van der Waals surface area contributed by atoms with E-state index in [1.165, 1.54) is 0 Å². The van der Waals surface area contributed by atoms with Gasteiger partial charge in [-0.25, -0.2) is 9.69 Å². The van der Waals surface area contributed by atoms with Crippen LogP contribution in [0.4, 0.5) is 0 Å². The molecule has 2 aromatic rings. The van der Waals surface area contributed by atoms with Crippen molar-refractivity contribution in [1.29, 1.82) is 0 Å². The Kier molecular flexibility index (Phi) is 3.45. The van der Waals surface area contributed by atoms with Crippen LogP contribution in [-0.2, 0) is 11.5 Å². The minimum Gasteiger partial charge on any atom is -0.319 e. The lowest BCUT2D eigenvalue weighted by Gasteiger charge is -2.29. The van der Waals surface area contributed by atoms with E-state index in [1.807, 2.05) is 35.2 Å².